The van der Waals surface area contributed by atoms with E-state index < -0.39 is 0 Å². The van der Waals surface area contributed by atoms with Crippen LogP contribution in [-0.2, 0) is 14.3 Å². The van der Waals surface area contributed by atoms with Gasteiger partial charge in [-0.2, -0.15) is 0 Å². The number of nitrogens with one attached hydrogen (secondary N) is 1. The minimum absolute atomic E-state index is 0.110. The summed E-state index contributed by atoms with van der Waals surface area (Å²) in [6.07, 6.45) is 7.74. The Hall–Kier alpha value is -0.580. The van der Waals surface area contributed by atoms with Gasteiger partial charge < -0.3 is 10.1 Å². The molecular weight excluding hydrogens is 358 g/mol. The van der Waals surface area contributed by atoms with E-state index in [1.54, 1.807) is 0 Å². The van der Waals surface area contributed by atoms with Gasteiger partial charge in [0.05, 0.1) is 6.42 Å². The van der Waals surface area contributed by atoms with Crippen molar-refractivity contribution in [3.63, 3.8) is 0 Å². The second-order valence-electron chi connectivity index (χ2n) is 8.65. The highest BCUT2D eigenvalue weighted by atomic mass is 79.9. The molecule has 0 aromatic rings. The predicted octanol–water partition coefficient (Wildman–Crippen LogP) is 3.43. The molecule has 2 atom stereocenters. The van der Waals surface area contributed by atoms with Crippen molar-refractivity contribution < 1.29 is 14.3 Å². The molecule has 1 N–H and O–H groups in total. The lowest BCUT2D eigenvalue weighted by atomic mass is 9.49. The number of esters is 1. The van der Waals surface area contributed by atoms with E-state index in [0.717, 1.165) is 31.1 Å². The summed E-state index contributed by atoms with van der Waals surface area (Å²) in [5.74, 6) is 1.52. The average Bonchev–Trinajstić information content (AvgIpc) is 2.39. The number of carbonyl (C=O) groups is 2. The predicted molar refractivity (Wildman–Crippen MR) is 92.2 cm³/mol. The molecule has 4 aliphatic rings. The van der Waals surface area contributed by atoms with Crippen molar-refractivity contribution in [2.45, 2.75) is 63.1 Å². The fraction of sp³-hybridized carbons (Fsp3) is 0.889. The summed E-state index contributed by atoms with van der Waals surface area (Å²) in [5, 5.41) is 2.78. The van der Waals surface area contributed by atoms with Crippen LogP contribution in [0.15, 0.2) is 0 Å². The number of alkyl halides is 1. The Balaban J connectivity index is 1.49. The van der Waals surface area contributed by atoms with E-state index in [-0.39, 0.29) is 28.2 Å². The molecule has 4 bridgehead atoms. The third kappa shape index (κ3) is 4.09. The molecule has 0 unspecified atom stereocenters. The van der Waals surface area contributed by atoms with Crippen molar-refractivity contribution in [1.29, 1.82) is 0 Å². The molecule has 0 radical (unpaired) electrons. The highest BCUT2D eigenvalue weighted by Crippen LogP contribution is 2.65. The van der Waals surface area contributed by atoms with Gasteiger partial charge in [-0.25, -0.2) is 0 Å². The molecule has 4 saturated carbocycles. The van der Waals surface area contributed by atoms with Gasteiger partial charge in [-0.1, -0.05) is 29.8 Å². The summed E-state index contributed by atoms with van der Waals surface area (Å²) in [6, 6.07) is 0. The summed E-state index contributed by atoms with van der Waals surface area (Å²) >= 11 is 3.96. The van der Waals surface area contributed by atoms with E-state index in [1.165, 1.54) is 19.3 Å². The fourth-order valence-corrected chi connectivity index (χ4v) is 6.93. The summed E-state index contributed by atoms with van der Waals surface area (Å²) in [7, 11) is 0. The van der Waals surface area contributed by atoms with Crippen LogP contribution < -0.4 is 5.32 Å². The van der Waals surface area contributed by atoms with Crippen LogP contribution >= 0.6 is 15.9 Å². The SMILES string of the molecule is CC(C)CNC(=O)COC(=O)CC12C[C@@H]3C[C@H](CC(Br)(C3)C1)C2. The van der Waals surface area contributed by atoms with Crippen LogP contribution in [0.3, 0.4) is 0 Å². The summed E-state index contributed by atoms with van der Waals surface area (Å²) in [4.78, 5) is 23.9. The van der Waals surface area contributed by atoms with E-state index in [2.05, 4.69) is 21.2 Å². The zero-order valence-corrected chi connectivity index (χ0v) is 15.8. The molecule has 0 spiro atoms. The van der Waals surface area contributed by atoms with E-state index in [1.807, 2.05) is 13.8 Å². The van der Waals surface area contributed by atoms with Crippen molar-refractivity contribution in [3.05, 3.63) is 0 Å². The second-order valence-corrected chi connectivity index (χ2v) is 10.3. The van der Waals surface area contributed by atoms with Crippen LogP contribution in [0.4, 0.5) is 0 Å². The third-order valence-corrected chi connectivity index (χ3v) is 6.63. The first-order valence-electron chi connectivity index (χ1n) is 8.89. The number of hydrogen-bond acceptors (Lipinski definition) is 3. The Morgan fingerprint density at radius 3 is 2.43 bits per heavy atom. The first-order valence-corrected chi connectivity index (χ1v) is 9.68. The van der Waals surface area contributed by atoms with Crippen LogP contribution in [0.5, 0.6) is 0 Å². The van der Waals surface area contributed by atoms with Gasteiger partial charge in [0.25, 0.3) is 5.91 Å². The van der Waals surface area contributed by atoms with Crippen LogP contribution in [-0.4, -0.2) is 29.4 Å². The Labute approximate surface area is 147 Å². The van der Waals surface area contributed by atoms with Gasteiger partial charge in [-0.3, -0.25) is 9.59 Å². The standard InChI is InChI=1S/C18H28BrNO3/c1-12(2)9-20-15(21)10-23-16(22)8-17-4-13-3-14(5-17)7-18(19,6-13)11-17/h12-14H,3-11H2,1-2H3,(H,20,21)/t13-,14-,17?,18?/m0/s1. The monoisotopic (exact) mass is 385 g/mol. The van der Waals surface area contributed by atoms with Gasteiger partial charge in [0.1, 0.15) is 0 Å². The van der Waals surface area contributed by atoms with Crippen LogP contribution in [0.2, 0.25) is 0 Å². The quantitative estimate of drug-likeness (QED) is 0.562. The van der Waals surface area contributed by atoms with Crippen LogP contribution in [0, 0.1) is 23.2 Å². The maximum atomic E-state index is 12.3. The van der Waals surface area contributed by atoms with E-state index >= 15 is 0 Å². The van der Waals surface area contributed by atoms with Gasteiger partial charge >= 0.3 is 5.97 Å². The highest BCUT2D eigenvalue weighted by molar-refractivity contribution is 9.10. The number of halogens is 1. The fourth-order valence-electron chi connectivity index (χ4n) is 5.42. The molecule has 4 aliphatic carbocycles. The number of ether oxygens (including phenoxy) is 1. The highest BCUT2D eigenvalue weighted by Gasteiger charge is 2.57. The molecule has 0 aliphatic heterocycles. The minimum Gasteiger partial charge on any atom is -0.456 e. The van der Waals surface area contributed by atoms with Crippen molar-refractivity contribution in [2.75, 3.05) is 13.2 Å². The molecule has 4 rings (SSSR count). The van der Waals surface area contributed by atoms with Gasteiger partial charge in [0.2, 0.25) is 0 Å². The van der Waals surface area contributed by atoms with Crippen molar-refractivity contribution >= 4 is 27.8 Å². The average molecular weight is 386 g/mol. The van der Waals surface area contributed by atoms with Gasteiger partial charge in [0, 0.05) is 10.9 Å². The molecule has 4 fully saturated rings. The van der Waals surface area contributed by atoms with Gasteiger partial charge in [0.15, 0.2) is 6.61 Å². The molecule has 0 heterocycles. The molecule has 4 nitrogen and oxygen atoms in total. The van der Waals surface area contributed by atoms with E-state index in [0.29, 0.717) is 18.9 Å². The van der Waals surface area contributed by atoms with Gasteiger partial charge in [-0.05, 0) is 61.7 Å². The molecule has 5 heteroatoms. The third-order valence-electron chi connectivity index (χ3n) is 5.70. The lowest BCUT2D eigenvalue weighted by molar-refractivity contribution is -0.154. The lowest BCUT2D eigenvalue weighted by Crippen LogP contribution is -2.53. The van der Waals surface area contributed by atoms with Crippen molar-refractivity contribution in [2.24, 2.45) is 23.2 Å². The maximum Gasteiger partial charge on any atom is 0.306 e. The first-order chi connectivity index (χ1) is 10.8. The minimum atomic E-state index is -0.206. The summed E-state index contributed by atoms with van der Waals surface area (Å²) in [6.45, 7) is 4.55. The summed E-state index contributed by atoms with van der Waals surface area (Å²) < 4.78 is 5.50. The Bertz CT molecular complexity index is 477. The van der Waals surface area contributed by atoms with Crippen LogP contribution in [0.25, 0.3) is 0 Å². The lowest BCUT2D eigenvalue weighted by Gasteiger charge is -2.60. The molecule has 23 heavy (non-hydrogen) atoms. The molecule has 0 aromatic heterocycles. The Kier molecular flexibility index (Phi) is 4.78. The van der Waals surface area contributed by atoms with Crippen LogP contribution in [0.1, 0.15) is 58.8 Å². The maximum absolute atomic E-state index is 12.3. The molecule has 0 saturated heterocycles. The largest absolute Gasteiger partial charge is 0.456 e. The number of hydrogen-bond donors (Lipinski definition) is 1. The zero-order valence-electron chi connectivity index (χ0n) is 14.2. The number of amides is 1. The Morgan fingerprint density at radius 2 is 1.87 bits per heavy atom. The Morgan fingerprint density at radius 1 is 1.22 bits per heavy atom. The first kappa shape index (κ1) is 17.2. The smallest absolute Gasteiger partial charge is 0.306 e. The normalized spacial score (nSPS) is 37.9. The molecular formula is C18H28BrNO3. The summed E-state index contributed by atoms with van der Waals surface area (Å²) in [5.41, 5.74) is 0.110. The zero-order chi connectivity index (χ0) is 16.7. The van der Waals surface area contributed by atoms with Crippen molar-refractivity contribution in [1.82, 2.24) is 5.32 Å². The molecule has 0 aromatic carbocycles. The number of carbonyl (C=O) groups excluding carboxylic acids is 2. The van der Waals surface area contributed by atoms with E-state index in [9.17, 15) is 9.59 Å². The molecule has 130 valence electrons. The van der Waals surface area contributed by atoms with E-state index in [4.69, 9.17) is 4.74 Å². The second kappa shape index (κ2) is 6.38. The van der Waals surface area contributed by atoms with Gasteiger partial charge in [-0.15, -0.1) is 0 Å². The van der Waals surface area contributed by atoms with Crippen molar-refractivity contribution in [3.8, 4) is 0 Å². The topological polar surface area (TPSA) is 55.4 Å². The number of rotatable bonds is 6. The molecule has 1 amide bonds.